The summed E-state index contributed by atoms with van der Waals surface area (Å²) >= 11 is 5.03. The van der Waals surface area contributed by atoms with E-state index in [1.165, 1.54) is 29.7 Å². The van der Waals surface area contributed by atoms with Crippen molar-refractivity contribution in [1.29, 1.82) is 0 Å². The minimum Gasteiger partial charge on any atom is -0.337 e. The summed E-state index contributed by atoms with van der Waals surface area (Å²) in [6.45, 7) is 0. The highest BCUT2D eigenvalue weighted by molar-refractivity contribution is 7.71. The van der Waals surface area contributed by atoms with Crippen LogP contribution in [0.4, 0.5) is 0 Å². The van der Waals surface area contributed by atoms with E-state index in [9.17, 15) is 0 Å². The summed E-state index contributed by atoms with van der Waals surface area (Å²) in [6, 6.07) is 8.75. The van der Waals surface area contributed by atoms with Gasteiger partial charge in [0.1, 0.15) is 0 Å². The maximum absolute atomic E-state index is 5.03. The molecule has 0 spiro atoms. The normalized spacial score (nSPS) is 15.2. The summed E-state index contributed by atoms with van der Waals surface area (Å²) in [4.78, 5) is 6.21. The molecule has 2 aromatic rings. The molecule has 2 N–H and O–H groups in total. The van der Waals surface area contributed by atoms with Crippen molar-refractivity contribution in [2.45, 2.75) is 19.3 Å². The summed E-state index contributed by atoms with van der Waals surface area (Å²) in [5.41, 5.74) is 4.26. The third-order valence-corrected chi connectivity index (χ3v) is 3.52. The van der Waals surface area contributed by atoms with Crippen molar-refractivity contribution in [2.75, 3.05) is 0 Å². The Labute approximate surface area is 99.7 Å². The van der Waals surface area contributed by atoms with Gasteiger partial charge in [0.2, 0.25) is 0 Å². The van der Waals surface area contributed by atoms with Crippen LogP contribution in [0.3, 0.4) is 0 Å². The number of hydrogen-bond donors (Lipinski definition) is 2. The number of aromatic nitrogens is 2. The summed E-state index contributed by atoms with van der Waals surface area (Å²) < 4.78 is 0.727. The van der Waals surface area contributed by atoms with E-state index in [1.807, 2.05) is 6.20 Å². The average Bonchev–Trinajstić information content (AvgIpc) is 2.84. The molecule has 1 heterocycles. The molecule has 0 saturated carbocycles. The topological polar surface area (TPSA) is 31.6 Å². The van der Waals surface area contributed by atoms with E-state index < -0.39 is 0 Å². The highest BCUT2D eigenvalue weighted by Crippen LogP contribution is 2.28. The minimum absolute atomic E-state index is 0.721. The molecule has 1 aliphatic rings. The predicted octanol–water partition coefficient (Wildman–Crippen LogP) is 3.03. The summed E-state index contributed by atoms with van der Waals surface area (Å²) in [7, 11) is 0. The van der Waals surface area contributed by atoms with Gasteiger partial charge in [-0.05, 0) is 48.5 Å². The Morgan fingerprint density at radius 1 is 1.19 bits per heavy atom. The second-order valence-corrected chi connectivity index (χ2v) is 4.92. The largest absolute Gasteiger partial charge is 0.337 e. The Bertz CT molecular complexity index is 528. The monoisotopic (exact) mass is 230 g/mol. The van der Waals surface area contributed by atoms with Gasteiger partial charge in [-0.15, -0.1) is 0 Å². The summed E-state index contributed by atoms with van der Waals surface area (Å²) in [5, 5.41) is 0. The Kier molecular flexibility index (Phi) is 2.40. The molecule has 3 rings (SSSR count). The molecule has 0 fully saturated rings. The Morgan fingerprint density at radius 2 is 1.88 bits per heavy atom. The standard InChI is InChI=1S/C13H14N2S/c16-13-14-8-12(15-13)7-9-5-10-3-1-2-4-11(10)6-9/h1-4,8-9H,5-7H2,(H2,14,15,16). The lowest BCUT2D eigenvalue weighted by atomic mass is 10.0. The van der Waals surface area contributed by atoms with E-state index in [2.05, 4.69) is 34.2 Å². The number of nitrogens with one attached hydrogen (secondary N) is 2. The van der Waals surface area contributed by atoms with E-state index in [1.54, 1.807) is 0 Å². The second-order valence-electron chi connectivity index (χ2n) is 4.52. The van der Waals surface area contributed by atoms with Gasteiger partial charge in [0.15, 0.2) is 4.77 Å². The molecule has 2 nitrogen and oxygen atoms in total. The van der Waals surface area contributed by atoms with Crippen LogP contribution in [-0.4, -0.2) is 9.97 Å². The van der Waals surface area contributed by atoms with Gasteiger partial charge in [-0.3, -0.25) is 0 Å². The maximum Gasteiger partial charge on any atom is 0.174 e. The van der Waals surface area contributed by atoms with E-state index in [0.717, 1.165) is 17.1 Å². The number of hydrogen-bond acceptors (Lipinski definition) is 1. The van der Waals surface area contributed by atoms with Crippen molar-refractivity contribution in [3.8, 4) is 0 Å². The Balaban J connectivity index is 1.75. The van der Waals surface area contributed by atoms with Gasteiger partial charge in [-0.25, -0.2) is 0 Å². The zero-order valence-corrected chi connectivity index (χ0v) is 9.81. The first kappa shape index (κ1) is 9.85. The van der Waals surface area contributed by atoms with Crippen LogP contribution in [0.5, 0.6) is 0 Å². The number of imidazole rings is 1. The fourth-order valence-corrected chi connectivity index (χ4v) is 2.78. The third kappa shape index (κ3) is 1.83. The Hall–Kier alpha value is -1.35. The molecule has 0 bridgehead atoms. The zero-order valence-electron chi connectivity index (χ0n) is 8.99. The lowest BCUT2D eigenvalue weighted by molar-refractivity contribution is 0.552. The molecule has 0 saturated heterocycles. The lowest BCUT2D eigenvalue weighted by Gasteiger charge is -2.05. The lowest BCUT2D eigenvalue weighted by Crippen LogP contribution is -2.04. The molecule has 0 aliphatic heterocycles. The van der Waals surface area contributed by atoms with Crippen LogP contribution >= 0.6 is 12.2 Å². The zero-order chi connectivity index (χ0) is 11.0. The molecular formula is C13H14N2S. The summed E-state index contributed by atoms with van der Waals surface area (Å²) in [5.74, 6) is 0.721. The second kappa shape index (κ2) is 3.91. The van der Waals surface area contributed by atoms with Crippen LogP contribution in [0, 0.1) is 10.7 Å². The van der Waals surface area contributed by atoms with Crippen molar-refractivity contribution >= 4 is 12.2 Å². The van der Waals surface area contributed by atoms with Crippen LogP contribution in [-0.2, 0) is 19.3 Å². The highest BCUT2D eigenvalue weighted by atomic mass is 32.1. The van der Waals surface area contributed by atoms with Crippen LogP contribution in [0.1, 0.15) is 16.8 Å². The van der Waals surface area contributed by atoms with Gasteiger partial charge in [-0.2, -0.15) is 0 Å². The van der Waals surface area contributed by atoms with Gasteiger partial charge in [-0.1, -0.05) is 24.3 Å². The summed E-state index contributed by atoms with van der Waals surface area (Å²) in [6.07, 6.45) is 5.47. The van der Waals surface area contributed by atoms with Crippen molar-refractivity contribution < 1.29 is 0 Å². The number of H-pyrrole nitrogens is 2. The molecule has 0 amide bonds. The number of fused-ring (bicyclic) bond motifs is 1. The highest BCUT2D eigenvalue weighted by Gasteiger charge is 2.21. The number of aromatic amines is 2. The van der Waals surface area contributed by atoms with Crippen LogP contribution < -0.4 is 0 Å². The molecule has 82 valence electrons. The van der Waals surface area contributed by atoms with E-state index in [4.69, 9.17) is 12.2 Å². The van der Waals surface area contributed by atoms with E-state index in [0.29, 0.717) is 0 Å². The van der Waals surface area contributed by atoms with Gasteiger partial charge < -0.3 is 9.97 Å². The molecule has 16 heavy (non-hydrogen) atoms. The van der Waals surface area contributed by atoms with Gasteiger partial charge in [0.05, 0.1) is 0 Å². The quantitative estimate of drug-likeness (QED) is 0.763. The third-order valence-electron chi connectivity index (χ3n) is 3.30. The van der Waals surface area contributed by atoms with Crippen LogP contribution in [0.2, 0.25) is 0 Å². The molecular weight excluding hydrogens is 216 g/mol. The molecule has 0 atom stereocenters. The van der Waals surface area contributed by atoms with Crippen molar-refractivity contribution in [3.05, 3.63) is 52.1 Å². The molecule has 1 aromatic carbocycles. The van der Waals surface area contributed by atoms with Gasteiger partial charge >= 0.3 is 0 Å². The molecule has 3 heteroatoms. The maximum atomic E-state index is 5.03. The SMILES string of the molecule is S=c1[nH]cc(CC2Cc3ccccc3C2)[nH]1. The first-order valence-electron chi connectivity index (χ1n) is 5.64. The first-order valence-corrected chi connectivity index (χ1v) is 6.05. The van der Waals surface area contributed by atoms with Crippen molar-refractivity contribution in [1.82, 2.24) is 9.97 Å². The van der Waals surface area contributed by atoms with Crippen LogP contribution in [0.25, 0.3) is 0 Å². The van der Waals surface area contributed by atoms with Crippen molar-refractivity contribution in [2.24, 2.45) is 5.92 Å². The molecule has 1 aliphatic carbocycles. The number of rotatable bonds is 2. The van der Waals surface area contributed by atoms with Gasteiger partial charge in [0, 0.05) is 11.9 Å². The van der Waals surface area contributed by atoms with Gasteiger partial charge in [0.25, 0.3) is 0 Å². The number of benzene rings is 1. The minimum atomic E-state index is 0.721. The average molecular weight is 230 g/mol. The fraction of sp³-hybridized carbons (Fsp3) is 0.308. The van der Waals surface area contributed by atoms with E-state index >= 15 is 0 Å². The molecule has 1 aromatic heterocycles. The molecule has 0 radical (unpaired) electrons. The molecule has 0 unspecified atom stereocenters. The first-order chi connectivity index (χ1) is 7.81. The smallest absolute Gasteiger partial charge is 0.174 e. The van der Waals surface area contributed by atoms with Crippen molar-refractivity contribution in [3.63, 3.8) is 0 Å². The predicted molar refractivity (Wildman–Crippen MR) is 67.0 cm³/mol. The fourth-order valence-electron chi connectivity index (χ4n) is 2.59. The van der Waals surface area contributed by atoms with Crippen LogP contribution in [0.15, 0.2) is 30.5 Å². The van der Waals surface area contributed by atoms with E-state index in [-0.39, 0.29) is 0 Å². The Morgan fingerprint density at radius 3 is 2.44 bits per heavy atom.